The summed E-state index contributed by atoms with van der Waals surface area (Å²) in [6.45, 7) is 2.91. The van der Waals surface area contributed by atoms with E-state index in [9.17, 15) is 0 Å². The van der Waals surface area contributed by atoms with Gasteiger partial charge in [0.25, 0.3) is 0 Å². The van der Waals surface area contributed by atoms with E-state index >= 15 is 0 Å². The van der Waals surface area contributed by atoms with Crippen LogP contribution in [-0.2, 0) is 12.4 Å². The highest BCUT2D eigenvalue weighted by Crippen LogP contribution is 2.05. The molecule has 1 aromatic rings. The molecule has 0 spiro atoms. The average Bonchev–Trinajstić information content (AvgIpc) is 2.39. The summed E-state index contributed by atoms with van der Waals surface area (Å²) in [7, 11) is 0. The smallest absolute Gasteiger partial charge is 0.126 e. The lowest BCUT2D eigenvalue weighted by molar-refractivity contribution is 0.897. The minimum atomic E-state index is 0.878. The van der Waals surface area contributed by atoms with Crippen LogP contribution < -0.4 is 10.9 Å². The van der Waals surface area contributed by atoms with Gasteiger partial charge in [0.1, 0.15) is 5.82 Å². The molecule has 4 nitrogen and oxygen atoms in total. The molecular weight excluding hydrogens is 160 g/mol. The van der Waals surface area contributed by atoms with Gasteiger partial charge in [0, 0.05) is 12.7 Å². The lowest BCUT2D eigenvalue weighted by atomic mass is 10.6. The minimum Gasteiger partial charge on any atom is -0.370 e. The summed E-state index contributed by atoms with van der Waals surface area (Å²) in [5.41, 5.74) is 2.63. The third-order valence-electron chi connectivity index (χ3n) is 1.26. The average molecular weight is 170 g/mol. The van der Waals surface area contributed by atoms with Crippen molar-refractivity contribution in [3.63, 3.8) is 0 Å². The molecule has 1 rings (SSSR count). The molecule has 0 fully saturated rings. The van der Waals surface area contributed by atoms with E-state index in [1.54, 1.807) is 4.68 Å². The van der Waals surface area contributed by atoms with Gasteiger partial charge in [0.15, 0.2) is 0 Å². The second-order valence-electron chi connectivity index (χ2n) is 1.99. The van der Waals surface area contributed by atoms with Gasteiger partial charge in [-0.25, -0.2) is 10.2 Å². The molecule has 0 saturated carbocycles. The van der Waals surface area contributed by atoms with Crippen LogP contribution in [0.1, 0.15) is 6.92 Å². The Hall–Kier alpha value is -1.10. The molecule has 0 amide bonds. The Morgan fingerprint density at radius 1 is 1.73 bits per heavy atom. The van der Waals surface area contributed by atoms with E-state index < -0.39 is 0 Å². The molecule has 11 heavy (non-hydrogen) atoms. The van der Waals surface area contributed by atoms with Gasteiger partial charge in [-0.15, -0.1) is 0 Å². The Labute approximate surface area is 70.7 Å². The predicted molar refractivity (Wildman–Crippen MR) is 47.7 cm³/mol. The van der Waals surface area contributed by atoms with Gasteiger partial charge >= 0.3 is 0 Å². The highest BCUT2D eigenvalue weighted by Gasteiger charge is 1.94. The molecule has 5 heteroatoms. The number of nitrogens with zero attached hydrogens (tertiary/aromatic N) is 2. The monoisotopic (exact) mass is 170 g/mol. The number of hydrogen-bond acceptors (Lipinski definition) is 3. The molecule has 0 radical (unpaired) electrons. The Balaban J connectivity index is 2.69. The van der Waals surface area contributed by atoms with Crippen molar-refractivity contribution in [2.45, 2.75) is 6.92 Å². The van der Waals surface area contributed by atoms with Crippen molar-refractivity contribution < 1.29 is 0 Å². The molecule has 60 valence electrons. The first-order valence-corrected chi connectivity index (χ1v) is 3.74. The Bertz CT molecular complexity index is 232. The van der Waals surface area contributed by atoms with Gasteiger partial charge in [-0.3, -0.25) is 0 Å². The van der Waals surface area contributed by atoms with Gasteiger partial charge in [-0.2, -0.15) is 0 Å². The van der Waals surface area contributed by atoms with Crippen molar-refractivity contribution in [3.05, 3.63) is 18.3 Å². The summed E-state index contributed by atoms with van der Waals surface area (Å²) < 4.78 is 5.10. The number of anilines is 1. The van der Waals surface area contributed by atoms with Crippen LogP contribution in [0.4, 0.5) is 5.82 Å². The first-order valence-electron chi connectivity index (χ1n) is 3.38. The number of nitrogens with one attached hydrogen (secondary N) is 2. The molecule has 0 unspecified atom stereocenters. The fourth-order valence-electron chi connectivity index (χ4n) is 0.837. The lowest BCUT2D eigenvalue weighted by Gasteiger charge is -2.06. The van der Waals surface area contributed by atoms with Crippen molar-refractivity contribution in [1.29, 1.82) is 0 Å². The number of hydrogen-bond donors (Lipinski definition) is 2. The summed E-state index contributed by atoms with van der Waals surface area (Å²) in [5, 5.41) is 3.14. The van der Waals surface area contributed by atoms with Crippen LogP contribution in [0, 0.1) is 0 Å². The van der Waals surface area contributed by atoms with E-state index in [-0.39, 0.29) is 0 Å². The van der Waals surface area contributed by atoms with Gasteiger partial charge < -0.3 is 5.32 Å². The lowest BCUT2D eigenvalue weighted by Crippen LogP contribution is -2.10. The quantitative estimate of drug-likeness (QED) is 0.665. The summed E-state index contributed by atoms with van der Waals surface area (Å²) in [6.07, 6.45) is 1.84. The van der Waals surface area contributed by atoms with Crippen LogP contribution in [0.2, 0.25) is 0 Å². The zero-order valence-electron chi connectivity index (χ0n) is 6.24. The zero-order chi connectivity index (χ0) is 8.10. The Morgan fingerprint density at radius 3 is 3.18 bits per heavy atom. The van der Waals surface area contributed by atoms with E-state index in [4.69, 9.17) is 0 Å². The number of rotatable bonds is 4. The second-order valence-corrected chi connectivity index (χ2v) is 2.17. The molecule has 0 aliphatic rings. The molecule has 0 saturated heterocycles. The van der Waals surface area contributed by atoms with Crippen molar-refractivity contribution in [1.82, 2.24) is 4.68 Å². The van der Waals surface area contributed by atoms with Crippen LogP contribution in [0.3, 0.4) is 0 Å². The molecule has 1 heterocycles. The van der Waals surface area contributed by atoms with Crippen LogP contribution in [0.25, 0.3) is 0 Å². The van der Waals surface area contributed by atoms with Gasteiger partial charge in [0.2, 0.25) is 0 Å². The summed E-state index contributed by atoms with van der Waals surface area (Å²) in [6, 6.07) is 3.85. The number of aromatic nitrogens is 1. The highest BCUT2D eigenvalue weighted by molar-refractivity contribution is 7.47. The van der Waals surface area contributed by atoms with Crippen molar-refractivity contribution in [2.75, 3.05) is 17.4 Å². The SMILES string of the molecule is CCNc1cccn1NN=S. The van der Waals surface area contributed by atoms with Crippen molar-refractivity contribution in [3.8, 4) is 0 Å². The Morgan fingerprint density at radius 2 is 2.55 bits per heavy atom. The van der Waals surface area contributed by atoms with Crippen LogP contribution in [-0.4, -0.2) is 11.2 Å². The van der Waals surface area contributed by atoms with E-state index in [2.05, 4.69) is 27.7 Å². The zero-order valence-corrected chi connectivity index (χ0v) is 7.06. The maximum absolute atomic E-state index is 4.41. The molecular formula is C6H10N4S. The highest BCUT2D eigenvalue weighted by atomic mass is 32.1. The molecule has 0 aromatic carbocycles. The fraction of sp³-hybridized carbons (Fsp3) is 0.333. The molecule has 2 N–H and O–H groups in total. The summed E-state index contributed by atoms with van der Waals surface area (Å²) in [5.74, 6) is 0.959. The van der Waals surface area contributed by atoms with Gasteiger partial charge in [0.05, 0.1) is 12.4 Å². The first kappa shape index (κ1) is 8.00. The van der Waals surface area contributed by atoms with Crippen molar-refractivity contribution in [2.24, 2.45) is 4.47 Å². The van der Waals surface area contributed by atoms with Crippen LogP contribution in [0.5, 0.6) is 0 Å². The van der Waals surface area contributed by atoms with Crippen LogP contribution >= 0.6 is 0 Å². The van der Waals surface area contributed by atoms with E-state index in [0.717, 1.165) is 12.4 Å². The minimum absolute atomic E-state index is 0.878. The second kappa shape index (κ2) is 3.92. The largest absolute Gasteiger partial charge is 0.370 e. The normalized spacial score (nSPS) is 9.18. The topological polar surface area (TPSA) is 41.4 Å². The third-order valence-corrected chi connectivity index (χ3v) is 1.34. The van der Waals surface area contributed by atoms with E-state index in [1.807, 2.05) is 25.3 Å². The third kappa shape index (κ3) is 1.91. The van der Waals surface area contributed by atoms with Crippen LogP contribution in [0.15, 0.2) is 22.8 Å². The van der Waals surface area contributed by atoms with E-state index in [0.29, 0.717) is 0 Å². The Kier molecular flexibility index (Phi) is 2.85. The first-order chi connectivity index (χ1) is 5.38. The van der Waals surface area contributed by atoms with Crippen molar-refractivity contribution >= 4 is 18.2 Å². The van der Waals surface area contributed by atoms with Gasteiger partial charge in [-0.1, -0.05) is 4.47 Å². The van der Waals surface area contributed by atoms with Gasteiger partial charge in [-0.05, 0) is 19.1 Å². The summed E-state index contributed by atoms with van der Waals surface area (Å²) >= 11 is 4.41. The maximum atomic E-state index is 4.41. The van der Waals surface area contributed by atoms with E-state index in [1.165, 1.54) is 0 Å². The maximum Gasteiger partial charge on any atom is 0.126 e. The predicted octanol–water partition coefficient (Wildman–Crippen LogP) is 1.11. The molecule has 0 bridgehead atoms. The summed E-state index contributed by atoms with van der Waals surface area (Å²) in [4.78, 5) is 0. The molecule has 0 aliphatic heterocycles. The molecule has 0 aliphatic carbocycles. The standard InChI is InChI=1S/C6H10N4S/c1-2-7-6-4-3-5-10(6)8-9-11/h3-5,7H,2H2,1H3,(H,8,11). The fourth-order valence-corrected chi connectivity index (χ4v) is 0.925. The molecule has 0 atom stereocenters. The molecule has 1 aromatic heterocycles.